The largest absolute Gasteiger partial charge is 0.370 e. The first-order valence-electron chi connectivity index (χ1n) is 13.2. The maximum absolute atomic E-state index is 13.5. The first-order valence-corrected chi connectivity index (χ1v) is 13.2. The highest BCUT2D eigenvalue weighted by Gasteiger charge is 2.26. The lowest BCUT2D eigenvalue weighted by atomic mass is 10.00. The number of ketones is 2. The van der Waals surface area contributed by atoms with Gasteiger partial charge in [-0.2, -0.15) is 0 Å². The SMILES string of the molecule is CN[C@@H](CCCN=C(N)N)C(=O)CN[C@@H](Cc1ccccc1)C(=O)N[C@@H](Cc1c[nH]c2ccccc12)C(C)=O. The van der Waals surface area contributed by atoms with Gasteiger partial charge in [-0.3, -0.25) is 24.7 Å². The van der Waals surface area contributed by atoms with E-state index in [1.54, 1.807) is 7.05 Å². The molecule has 0 bridgehead atoms. The molecular formula is C29H39N7O3. The Kier molecular flexibility index (Phi) is 11.2. The summed E-state index contributed by atoms with van der Waals surface area (Å²) in [6.07, 6.45) is 3.79. The highest BCUT2D eigenvalue weighted by Crippen LogP contribution is 2.19. The van der Waals surface area contributed by atoms with E-state index in [4.69, 9.17) is 11.5 Å². The molecule has 0 aliphatic carbocycles. The van der Waals surface area contributed by atoms with Crippen LogP contribution in [0.3, 0.4) is 0 Å². The number of amides is 1. The van der Waals surface area contributed by atoms with Crippen molar-refractivity contribution >= 4 is 34.3 Å². The van der Waals surface area contributed by atoms with Gasteiger partial charge in [0.25, 0.3) is 0 Å². The Morgan fingerprint density at radius 1 is 0.949 bits per heavy atom. The number of nitrogens with one attached hydrogen (secondary N) is 4. The number of nitrogens with zero attached hydrogens (tertiary/aromatic N) is 1. The van der Waals surface area contributed by atoms with Gasteiger partial charge in [0.1, 0.15) is 0 Å². The molecule has 10 nitrogen and oxygen atoms in total. The van der Waals surface area contributed by atoms with E-state index in [-0.39, 0.29) is 30.0 Å². The van der Waals surface area contributed by atoms with Gasteiger partial charge in [0.15, 0.2) is 17.5 Å². The summed E-state index contributed by atoms with van der Waals surface area (Å²) in [5.74, 6) is -0.526. The number of carbonyl (C=O) groups is 3. The molecule has 39 heavy (non-hydrogen) atoms. The van der Waals surface area contributed by atoms with Crippen LogP contribution < -0.4 is 27.4 Å². The van der Waals surface area contributed by atoms with Gasteiger partial charge in [-0.15, -0.1) is 0 Å². The molecule has 1 amide bonds. The topological polar surface area (TPSA) is 167 Å². The van der Waals surface area contributed by atoms with Crippen LogP contribution in [0.1, 0.15) is 30.9 Å². The third kappa shape index (κ3) is 9.05. The highest BCUT2D eigenvalue weighted by molar-refractivity contribution is 5.92. The van der Waals surface area contributed by atoms with Gasteiger partial charge in [-0.05, 0) is 50.4 Å². The zero-order valence-electron chi connectivity index (χ0n) is 22.6. The molecule has 1 heterocycles. The van der Waals surface area contributed by atoms with Gasteiger partial charge < -0.3 is 27.1 Å². The minimum absolute atomic E-state index is 0.00803. The predicted octanol–water partition coefficient (Wildman–Crippen LogP) is 1.20. The van der Waals surface area contributed by atoms with Gasteiger partial charge in [0.2, 0.25) is 5.91 Å². The van der Waals surface area contributed by atoms with Crippen LogP contribution in [0.25, 0.3) is 10.9 Å². The average molecular weight is 534 g/mol. The van der Waals surface area contributed by atoms with Gasteiger partial charge in [-0.1, -0.05) is 48.5 Å². The lowest BCUT2D eigenvalue weighted by Crippen LogP contribution is -2.53. The number of nitrogens with two attached hydrogens (primary N) is 2. The molecule has 2 aromatic carbocycles. The first kappa shape index (κ1) is 29.5. The Balaban J connectivity index is 1.68. The molecule has 0 fully saturated rings. The number of hydrogen-bond acceptors (Lipinski definition) is 6. The van der Waals surface area contributed by atoms with Crippen molar-refractivity contribution in [2.24, 2.45) is 16.5 Å². The lowest BCUT2D eigenvalue weighted by Gasteiger charge is -2.23. The summed E-state index contributed by atoms with van der Waals surface area (Å²) >= 11 is 0. The van der Waals surface area contributed by atoms with E-state index >= 15 is 0 Å². The molecule has 0 radical (unpaired) electrons. The van der Waals surface area contributed by atoms with Crippen LogP contribution in [0.2, 0.25) is 0 Å². The first-order chi connectivity index (χ1) is 18.8. The second-order valence-electron chi connectivity index (χ2n) is 9.62. The molecule has 0 spiro atoms. The van der Waals surface area contributed by atoms with Crippen LogP contribution in [0.5, 0.6) is 0 Å². The molecule has 0 saturated heterocycles. The number of para-hydroxylation sites is 1. The number of fused-ring (bicyclic) bond motifs is 1. The fraction of sp³-hybridized carbons (Fsp3) is 0.379. The van der Waals surface area contributed by atoms with E-state index in [9.17, 15) is 14.4 Å². The molecule has 8 N–H and O–H groups in total. The number of benzene rings is 2. The fourth-order valence-electron chi connectivity index (χ4n) is 4.51. The van der Waals surface area contributed by atoms with Crippen molar-refractivity contribution in [2.45, 2.75) is 50.7 Å². The van der Waals surface area contributed by atoms with Crippen molar-refractivity contribution < 1.29 is 14.4 Å². The number of likely N-dealkylation sites (N-methyl/N-ethyl adjacent to an activating group) is 1. The molecule has 0 aliphatic rings. The van der Waals surface area contributed by atoms with Crippen molar-refractivity contribution in [1.29, 1.82) is 0 Å². The molecule has 0 saturated carbocycles. The summed E-state index contributed by atoms with van der Waals surface area (Å²) in [6.45, 7) is 1.90. The van der Waals surface area contributed by atoms with E-state index in [0.717, 1.165) is 22.0 Å². The molecule has 3 rings (SSSR count). The Labute approximate surface area is 229 Å². The summed E-state index contributed by atoms with van der Waals surface area (Å²) < 4.78 is 0. The number of Topliss-reactive ketones (excluding diaryl/α,β-unsaturated/α-hetero) is 2. The van der Waals surface area contributed by atoms with E-state index in [0.29, 0.717) is 32.2 Å². The smallest absolute Gasteiger partial charge is 0.238 e. The van der Waals surface area contributed by atoms with Gasteiger partial charge in [-0.25, -0.2) is 0 Å². The van der Waals surface area contributed by atoms with E-state index in [1.165, 1.54) is 6.92 Å². The Hall–Kier alpha value is -4.02. The monoisotopic (exact) mass is 533 g/mol. The maximum atomic E-state index is 13.5. The Morgan fingerprint density at radius 3 is 2.36 bits per heavy atom. The average Bonchev–Trinajstić information content (AvgIpc) is 3.33. The number of aromatic nitrogens is 1. The number of aliphatic imine (C=N–C) groups is 1. The van der Waals surface area contributed by atoms with Crippen LogP contribution in [-0.4, -0.2) is 66.7 Å². The molecule has 0 aliphatic heterocycles. The van der Waals surface area contributed by atoms with E-state index in [1.807, 2.05) is 60.8 Å². The maximum Gasteiger partial charge on any atom is 0.238 e. The quantitative estimate of drug-likeness (QED) is 0.0913. The van der Waals surface area contributed by atoms with Crippen LogP contribution in [-0.2, 0) is 27.2 Å². The molecule has 3 atom stereocenters. The van der Waals surface area contributed by atoms with Crippen molar-refractivity contribution in [3.63, 3.8) is 0 Å². The minimum atomic E-state index is -0.708. The molecule has 1 aromatic heterocycles. The van der Waals surface area contributed by atoms with Crippen molar-refractivity contribution in [3.8, 4) is 0 Å². The standard InChI is InChI=1S/C29H39N7O3/c1-19(37)25(16-21-17-34-23-12-7-6-11-22(21)23)36-28(39)26(15-20-9-4-3-5-10-20)35-18-27(38)24(32-2)13-8-14-33-29(30)31/h3-7,9-12,17,24-26,32,34-35H,8,13-16,18H2,1-2H3,(H,36,39)(H4,30,31,33)/t24-,25-,26-/m0/s1. The molecule has 208 valence electrons. The summed E-state index contributed by atoms with van der Waals surface area (Å²) in [4.78, 5) is 46.2. The summed E-state index contributed by atoms with van der Waals surface area (Å²) in [6, 6.07) is 15.6. The normalized spacial score (nSPS) is 13.4. The number of H-pyrrole nitrogens is 1. The predicted molar refractivity (Wildman–Crippen MR) is 154 cm³/mol. The van der Waals surface area contributed by atoms with Crippen LogP contribution >= 0.6 is 0 Å². The summed E-state index contributed by atoms with van der Waals surface area (Å²) in [5.41, 5.74) is 13.6. The van der Waals surface area contributed by atoms with Crippen molar-refractivity contribution in [1.82, 2.24) is 20.9 Å². The zero-order chi connectivity index (χ0) is 28.2. The summed E-state index contributed by atoms with van der Waals surface area (Å²) in [5, 5.41) is 10.1. The number of hydrogen-bond donors (Lipinski definition) is 6. The molecule has 10 heteroatoms. The summed E-state index contributed by atoms with van der Waals surface area (Å²) in [7, 11) is 1.72. The highest BCUT2D eigenvalue weighted by atomic mass is 16.2. The van der Waals surface area contributed by atoms with Gasteiger partial charge in [0, 0.05) is 30.1 Å². The number of carbonyl (C=O) groups excluding carboxylic acids is 3. The second-order valence-corrected chi connectivity index (χ2v) is 9.62. The van der Waals surface area contributed by atoms with Crippen LogP contribution in [0.15, 0.2) is 65.8 Å². The molecular weight excluding hydrogens is 494 g/mol. The van der Waals surface area contributed by atoms with E-state index < -0.39 is 18.1 Å². The van der Waals surface area contributed by atoms with E-state index in [2.05, 4.69) is 25.9 Å². The minimum Gasteiger partial charge on any atom is -0.370 e. The van der Waals surface area contributed by atoms with Crippen LogP contribution in [0, 0.1) is 0 Å². The fourth-order valence-corrected chi connectivity index (χ4v) is 4.51. The Morgan fingerprint density at radius 2 is 1.67 bits per heavy atom. The van der Waals surface area contributed by atoms with Crippen molar-refractivity contribution in [2.75, 3.05) is 20.1 Å². The Bertz CT molecular complexity index is 1270. The third-order valence-electron chi connectivity index (χ3n) is 6.71. The lowest BCUT2D eigenvalue weighted by molar-refractivity contribution is -0.128. The van der Waals surface area contributed by atoms with Gasteiger partial charge in [0.05, 0.1) is 24.7 Å². The third-order valence-corrected chi connectivity index (χ3v) is 6.71. The zero-order valence-corrected chi connectivity index (χ0v) is 22.6. The second kappa shape index (κ2) is 14.8. The number of guanidine groups is 1. The van der Waals surface area contributed by atoms with Gasteiger partial charge >= 0.3 is 0 Å². The molecule has 3 aromatic rings. The molecule has 0 unspecified atom stereocenters. The number of rotatable bonds is 16. The van der Waals surface area contributed by atoms with Crippen molar-refractivity contribution in [3.05, 3.63) is 71.9 Å². The van der Waals surface area contributed by atoms with Crippen LogP contribution in [0.4, 0.5) is 0 Å². The number of aromatic amines is 1.